The second-order valence-electron chi connectivity index (χ2n) is 9.13. The van der Waals surface area contributed by atoms with E-state index in [9.17, 15) is 0 Å². The number of benzene rings is 1. The van der Waals surface area contributed by atoms with Gasteiger partial charge in [0.25, 0.3) is 0 Å². The Morgan fingerprint density at radius 3 is 2.52 bits per heavy atom. The number of hydrogen-bond donors (Lipinski definition) is 2. The Bertz CT molecular complexity index is 983. The van der Waals surface area contributed by atoms with E-state index in [4.69, 9.17) is 4.98 Å². The highest BCUT2D eigenvalue weighted by Gasteiger charge is 2.19. The van der Waals surface area contributed by atoms with Gasteiger partial charge in [0.1, 0.15) is 0 Å². The van der Waals surface area contributed by atoms with E-state index in [2.05, 4.69) is 61.6 Å². The first-order valence-electron chi connectivity index (χ1n) is 11.7. The summed E-state index contributed by atoms with van der Waals surface area (Å²) in [6.07, 6.45) is 12.5. The minimum Gasteiger partial charge on any atom is -0.324 e. The second-order valence-corrected chi connectivity index (χ2v) is 9.13. The van der Waals surface area contributed by atoms with Crippen LogP contribution in [0.3, 0.4) is 0 Å². The molecule has 2 N–H and O–H groups in total. The SMILES string of the molecule is CN1CCC(NCc2ccc(Nc3ncc4cnn(C5CCCCC5)c4n3)cc2)CC1. The molecule has 1 aliphatic heterocycles. The van der Waals surface area contributed by atoms with Crippen LogP contribution in [0.4, 0.5) is 11.6 Å². The topological polar surface area (TPSA) is 70.9 Å². The van der Waals surface area contributed by atoms with Crippen molar-refractivity contribution in [3.8, 4) is 0 Å². The van der Waals surface area contributed by atoms with E-state index in [-0.39, 0.29) is 0 Å². The lowest BCUT2D eigenvalue weighted by Gasteiger charge is -2.29. The van der Waals surface area contributed by atoms with Gasteiger partial charge in [-0.05, 0) is 63.5 Å². The standard InChI is InChI=1S/C24H33N7/c1-30-13-11-20(12-14-30)25-15-18-7-9-21(10-8-18)28-24-26-16-19-17-27-31(23(19)29-24)22-5-3-2-4-6-22/h7-10,16-17,20,22,25H,2-6,11-15H2,1H3,(H,26,28,29). The molecule has 1 aromatic carbocycles. The van der Waals surface area contributed by atoms with Crippen LogP contribution in [0.2, 0.25) is 0 Å². The smallest absolute Gasteiger partial charge is 0.229 e. The summed E-state index contributed by atoms with van der Waals surface area (Å²) in [6.45, 7) is 3.28. The van der Waals surface area contributed by atoms with Crippen molar-refractivity contribution in [2.75, 3.05) is 25.5 Å². The summed E-state index contributed by atoms with van der Waals surface area (Å²) in [5.74, 6) is 0.627. The summed E-state index contributed by atoms with van der Waals surface area (Å²) < 4.78 is 2.11. The molecule has 1 aliphatic carbocycles. The fourth-order valence-corrected chi connectivity index (χ4v) is 4.80. The van der Waals surface area contributed by atoms with Crippen molar-refractivity contribution >= 4 is 22.7 Å². The van der Waals surface area contributed by atoms with Gasteiger partial charge in [-0.2, -0.15) is 10.1 Å². The van der Waals surface area contributed by atoms with Crippen LogP contribution >= 0.6 is 0 Å². The maximum absolute atomic E-state index is 4.79. The van der Waals surface area contributed by atoms with Crippen LogP contribution in [0.25, 0.3) is 11.0 Å². The number of likely N-dealkylation sites (tertiary alicyclic amines) is 1. The van der Waals surface area contributed by atoms with Gasteiger partial charge < -0.3 is 15.5 Å². The summed E-state index contributed by atoms with van der Waals surface area (Å²) in [5, 5.41) is 12.7. The van der Waals surface area contributed by atoms with Gasteiger partial charge in [-0.1, -0.05) is 31.4 Å². The second kappa shape index (κ2) is 9.32. The van der Waals surface area contributed by atoms with Crippen LogP contribution in [0.15, 0.2) is 36.7 Å². The number of nitrogens with zero attached hydrogens (tertiary/aromatic N) is 5. The zero-order chi connectivity index (χ0) is 21.0. The molecule has 2 aromatic heterocycles. The van der Waals surface area contributed by atoms with E-state index >= 15 is 0 Å². The van der Waals surface area contributed by atoms with Crippen LogP contribution < -0.4 is 10.6 Å². The Balaban J connectivity index is 1.22. The maximum atomic E-state index is 4.79. The van der Waals surface area contributed by atoms with E-state index in [1.54, 1.807) is 0 Å². The van der Waals surface area contributed by atoms with Crippen molar-refractivity contribution in [2.24, 2.45) is 0 Å². The van der Waals surface area contributed by atoms with Gasteiger partial charge in [0, 0.05) is 24.5 Å². The first-order chi connectivity index (χ1) is 15.2. The highest BCUT2D eigenvalue weighted by Crippen LogP contribution is 2.30. The van der Waals surface area contributed by atoms with E-state index < -0.39 is 0 Å². The number of fused-ring (bicyclic) bond motifs is 1. The molecule has 0 bridgehead atoms. The minimum absolute atomic E-state index is 0.463. The fourth-order valence-electron chi connectivity index (χ4n) is 4.80. The van der Waals surface area contributed by atoms with E-state index in [0.717, 1.165) is 23.3 Å². The van der Waals surface area contributed by atoms with Gasteiger partial charge in [0.05, 0.1) is 17.6 Å². The summed E-state index contributed by atoms with van der Waals surface area (Å²) >= 11 is 0. The molecule has 164 valence electrons. The highest BCUT2D eigenvalue weighted by atomic mass is 15.3. The highest BCUT2D eigenvalue weighted by molar-refractivity contribution is 5.75. The molecular weight excluding hydrogens is 386 g/mol. The summed E-state index contributed by atoms with van der Waals surface area (Å²) in [7, 11) is 2.20. The van der Waals surface area contributed by atoms with Crippen molar-refractivity contribution in [1.82, 2.24) is 30.0 Å². The third kappa shape index (κ3) is 4.88. The zero-order valence-electron chi connectivity index (χ0n) is 18.4. The van der Waals surface area contributed by atoms with Gasteiger partial charge in [0.2, 0.25) is 5.95 Å². The van der Waals surface area contributed by atoms with Crippen molar-refractivity contribution in [2.45, 2.75) is 63.6 Å². The van der Waals surface area contributed by atoms with Gasteiger partial charge >= 0.3 is 0 Å². The third-order valence-electron chi connectivity index (χ3n) is 6.78. The third-order valence-corrected chi connectivity index (χ3v) is 6.78. The summed E-state index contributed by atoms with van der Waals surface area (Å²) in [4.78, 5) is 11.7. The number of aromatic nitrogens is 4. The van der Waals surface area contributed by atoms with Gasteiger partial charge in [-0.15, -0.1) is 0 Å². The van der Waals surface area contributed by atoms with Crippen LogP contribution in [-0.4, -0.2) is 50.8 Å². The van der Waals surface area contributed by atoms with Crippen LogP contribution in [0.5, 0.6) is 0 Å². The molecule has 2 aliphatic rings. The zero-order valence-corrected chi connectivity index (χ0v) is 18.4. The van der Waals surface area contributed by atoms with Crippen molar-refractivity contribution in [3.05, 3.63) is 42.2 Å². The number of rotatable bonds is 6. The molecule has 0 amide bonds. The largest absolute Gasteiger partial charge is 0.324 e. The molecule has 0 unspecified atom stereocenters. The Labute approximate surface area is 184 Å². The van der Waals surface area contributed by atoms with E-state index in [1.807, 2.05) is 12.4 Å². The number of nitrogens with one attached hydrogen (secondary N) is 2. The van der Waals surface area contributed by atoms with E-state index in [0.29, 0.717) is 18.0 Å². The molecule has 7 nitrogen and oxygen atoms in total. The molecule has 3 aromatic rings. The summed E-state index contributed by atoms with van der Waals surface area (Å²) in [6, 6.07) is 9.66. The Hall–Kier alpha value is -2.51. The number of hydrogen-bond acceptors (Lipinski definition) is 6. The molecule has 2 fully saturated rings. The number of anilines is 2. The lowest BCUT2D eigenvalue weighted by atomic mass is 9.96. The average molecular weight is 420 g/mol. The fraction of sp³-hybridized carbons (Fsp3) is 0.542. The van der Waals surface area contributed by atoms with Crippen molar-refractivity contribution in [1.29, 1.82) is 0 Å². The minimum atomic E-state index is 0.463. The molecule has 5 rings (SSSR count). The van der Waals surface area contributed by atoms with Gasteiger partial charge in [0.15, 0.2) is 5.65 Å². The van der Waals surface area contributed by atoms with Crippen LogP contribution in [-0.2, 0) is 6.54 Å². The molecule has 0 spiro atoms. The van der Waals surface area contributed by atoms with E-state index in [1.165, 1.54) is 63.6 Å². The molecule has 3 heterocycles. The van der Waals surface area contributed by atoms with Crippen molar-refractivity contribution < 1.29 is 0 Å². The molecule has 0 atom stereocenters. The monoisotopic (exact) mass is 419 g/mol. The molecule has 31 heavy (non-hydrogen) atoms. The van der Waals surface area contributed by atoms with Crippen molar-refractivity contribution in [3.63, 3.8) is 0 Å². The number of piperidine rings is 1. The lowest BCUT2D eigenvalue weighted by Crippen LogP contribution is -2.40. The average Bonchev–Trinajstić information content (AvgIpc) is 3.24. The van der Waals surface area contributed by atoms with Crippen LogP contribution in [0.1, 0.15) is 56.6 Å². The summed E-state index contributed by atoms with van der Waals surface area (Å²) in [5.41, 5.74) is 3.24. The molecular formula is C24H33N7. The predicted molar refractivity (Wildman–Crippen MR) is 125 cm³/mol. The quantitative estimate of drug-likeness (QED) is 0.622. The first kappa shape index (κ1) is 20.4. The molecule has 1 saturated carbocycles. The predicted octanol–water partition coefficient (Wildman–Crippen LogP) is 4.26. The van der Waals surface area contributed by atoms with Crippen LogP contribution in [0, 0.1) is 0 Å². The Morgan fingerprint density at radius 1 is 0.968 bits per heavy atom. The normalized spacial score (nSPS) is 19.1. The maximum Gasteiger partial charge on any atom is 0.229 e. The first-order valence-corrected chi connectivity index (χ1v) is 11.7. The van der Waals surface area contributed by atoms with Gasteiger partial charge in [-0.3, -0.25) is 0 Å². The molecule has 1 saturated heterocycles. The Kier molecular flexibility index (Phi) is 6.13. The Morgan fingerprint density at radius 2 is 1.74 bits per heavy atom. The lowest BCUT2D eigenvalue weighted by molar-refractivity contribution is 0.234. The van der Waals surface area contributed by atoms with Gasteiger partial charge in [-0.25, -0.2) is 9.67 Å². The molecule has 7 heteroatoms. The molecule has 0 radical (unpaired) electrons.